The third kappa shape index (κ3) is 2.85. The number of carbonyl (C=O) groups is 2. The van der Waals surface area contributed by atoms with Crippen LogP contribution in [-0.4, -0.2) is 53.5 Å². The molecular formula is C13H17N3O3. The zero-order chi connectivity index (χ0) is 14.0. The minimum Gasteiger partial charge on any atom is -0.478 e. The molecule has 19 heavy (non-hydrogen) atoms. The number of carboxylic acids is 1. The molecule has 0 spiro atoms. The van der Waals surface area contributed by atoms with E-state index in [9.17, 15) is 14.7 Å². The fraction of sp³-hybridized carbons (Fsp3) is 0.385. The third-order valence-electron chi connectivity index (χ3n) is 3.33. The van der Waals surface area contributed by atoms with E-state index in [4.69, 9.17) is 5.73 Å². The van der Waals surface area contributed by atoms with E-state index in [2.05, 4.69) is 0 Å². The molecule has 1 saturated heterocycles. The Labute approximate surface area is 111 Å². The Kier molecular flexibility index (Phi) is 3.71. The highest BCUT2D eigenvalue weighted by atomic mass is 16.4. The quantitative estimate of drug-likeness (QED) is 0.763. The van der Waals surface area contributed by atoms with E-state index < -0.39 is 5.97 Å². The van der Waals surface area contributed by atoms with Crippen LogP contribution < -0.4 is 5.73 Å². The van der Waals surface area contributed by atoms with Gasteiger partial charge in [0.05, 0.1) is 12.1 Å². The zero-order valence-electron chi connectivity index (χ0n) is 10.8. The van der Waals surface area contributed by atoms with Crippen LogP contribution in [-0.2, 0) is 11.3 Å². The van der Waals surface area contributed by atoms with Crippen molar-refractivity contribution in [1.82, 2.24) is 9.80 Å². The second-order valence-corrected chi connectivity index (χ2v) is 4.71. The van der Waals surface area contributed by atoms with Crippen molar-refractivity contribution in [2.24, 2.45) is 0 Å². The van der Waals surface area contributed by atoms with Crippen molar-refractivity contribution < 1.29 is 14.7 Å². The largest absolute Gasteiger partial charge is 0.478 e. The Balaban J connectivity index is 2.18. The van der Waals surface area contributed by atoms with Gasteiger partial charge in [0, 0.05) is 32.4 Å². The SMILES string of the molecule is CN1CCN(Cc2cccc(N)c2C(=O)O)CC1=O. The highest BCUT2D eigenvalue weighted by molar-refractivity contribution is 5.95. The van der Waals surface area contributed by atoms with Gasteiger partial charge in [-0.15, -0.1) is 0 Å². The molecule has 0 aromatic heterocycles. The maximum atomic E-state index is 11.6. The average molecular weight is 263 g/mol. The van der Waals surface area contributed by atoms with E-state index in [-0.39, 0.29) is 17.2 Å². The summed E-state index contributed by atoms with van der Waals surface area (Å²) >= 11 is 0. The normalized spacial score (nSPS) is 16.7. The van der Waals surface area contributed by atoms with Crippen LogP contribution in [0.5, 0.6) is 0 Å². The van der Waals surface area contributed by atoms with Crippen LogP contribution in [0.1, 0.15) is 15.9 Å². The minimum atomic E-state index is -1.03. The molecular weight excluding hydrogens is 246 g/mol. The molecule has 0 bridgehead atoms. The Hall–Kier alpha value is -2.08. The number of carbonyl (C=O) groups excluding carboxylic acids is 1. The summed E-state index contributed by atoms with van der Waals surface area (Å²) in [6.45, 7) is 2.12. The fourth-order valence-electron chi connectivity index (χ4n) is 2.20. The molecule has 6 nitrogen and oxygen atoms in total. The van der Waals surface area contributed by atoms with Gasteiger partial charge in [-0.2, -0.15) is 0 Å². The van der Waals surface area contributed by atoms with Crippen molar-refractivity contribution in [1.29, 1.82) is 0 Å². The van der Waals surface area contributed by atoms with E-state index >= 15 is 0 Å². The van der Waals surface area contributed by atoms with Crippen LogP contribution in [0.3, 0.4) is 0 Å². The maximum absolute atomic E-state index is 11.6. The predicted octanol–water partition coefficient (Wildman–Crippen LogP) is 0.241. The zero-order valence-corrected chi connectivity index (χ0v) is 10.8. The number of rotatable bonds is 3. The molecule has 3 N–H and O–H groups in total. The Morgan fingerprint density at radius 3 is 2.79 bits per heavy atom. The number of hydrogen-bond donors (Lipinski definition) is 2. The minimum absolute atomic E-state index is 0.0482. The molecule has 1 heterocycles. The summed E-state index contributed by atoms with van der Waals surface area (Å²) in [6.07, 6.45) is 0. The van der Waals surface area contributed by atoms with Gasteiger partial charge in [-0.1, -0.05) is 12.1 Å². The fourth-order valence-corrected chi connectivity index (χ4v) is 2.20. The molecule has 0 radical (unpaired) electrons. The number of amides is 1. The van der Waals surface area contributed by atoms with Gasteiger partial charge in [-0.05, 0) is 11.6 Å². The second-order valence-electron chi connectivity index (χ2n) is 4.71. The number of aromatic carboxylic acids is 1. The molecule has 1 amide bonds. The van der Waals surface area contributed by atoms with E-state index in [1.807, 2.05) is 4.90 Å². The highest BCUT2D eigenvalue weighted by Crippen LogP contribution is 2.19. The van der Waals surface area contributed by atoms with Crippen molar-refractivity contribution in [2.75, 3.05) is 32.4 Å². The summed E-state index contributed by atoms with van der Waals surface area (Å²) in [5, 5.41) is 9.20. The lowest BCUT2D eigenvalue weighted by Gasteiger charge is -2.32. The van der Waals surface area contributed by atoms with Gasteiger partial charge < -0.3 is 15.7 Å². The molecule has 1 fully saturated rings. The monoisotopic (exact) mass is 263 g/mol. The van der Waals surface area contributed by atoms with Crippen molar-refractivity contribution in [3.05, 3.63) is 29.3 Å². The van der Waals surface area contributed by atoms with Gasteiger partial charge in [0.15, 0.2) is 0 Å². The van der Waals surface area contributed by atoms with Gasteiger partial charge in [-0.3, -0.25) is 9.69 Å². The lowest BCUT2D eigenvalue weighted by atomic mass is 10.0. The van der Waals surface area contributed by atoms with Crippen molar-refractivity contribution in [3.63, 3.8) is 0 Å². The highest BCUT2D eigenvalue weighted by Gasteiger charge is 2.23. The molecule has 1 aliphatic rings. The Bertz CT molecular complexity index is 516. The van der Waals surface area contributed by atoms with E-state index in [1.54, 1.807) is 30.1 Å². The van der Waals surface area contributed by atoms with Crippen molar-refractivity contribution in [3.8, 4) is 0 Å². The van der Waals surface area contributed by atoms with Crippen LogP contribution in [0, 0.1) is 0 Å². The van der Waals surface area contributed by atoms with Crippen molar-refractivity contribution >= 4 is 17.6 Å². The van der Waals surface area contributed by atoms with Gasteiger partial charge in [0.25, 0.3) is 0 Å². The number of piperazine rings is 1. The molecule has 0 unspecified atom stereocenters. The molecule has 0 aliphatic carbocycles. The van der Waals surface area contributed by atoms with Gasteiger partial charge in [0.1, 0.15) is 0 Å². The summed E-state index contributed by atoms with van der Waals surface area (Å²) in [5.74, 6) is -0.986. The standard InChI is InChI=1S/C13H17N3O3/c1-15-5-6-16(8-11(15)17)7-9-3-2-4-10(14)12(9)13(18)19/h2-4H,5-8,14H2,1H3,(H,18,19). The van der Waals surface area contributed by atoms with Crippen LogP contribution in [0.2, 0.25) is 0 Å². The first-order valence-corrected chi connectivity index (χ1v) is 6.06. The van der Waals surface area contributed by atoms with Crippen LogP contribution in [0.25, 0.3) is 0 Å². The molecule has 2 rings (SSSR count). The van der Waals surface area contributed by atoms with Gasteiger partial charge in [0.2, 0.25) is 5.91 Å². The number of likely N-dealkylation sites (N-methyl/N-ethyl adjacent to an activating group) is 1. The lowest BCUT2D eigenvalue weighted by Crippen LogP contribution is -2.48. The molecule has 6 heteroatoms. The number of nitrogens with two attached hydrogens (primary N) is 1. The second kappa shape index (κ2) is 5.27. The smallest absolute Gasteiger partial charge is 0.338 e. The number of carboxylic acid groups (broad SMARTS) is 1. The summed E-state index contributed by atoms with van der Waals surface area (Å²) in [5.41, 5.74) is 6.73. The number of anilines is 1. The van der Waals surface area contributed by atoms with E-state index in [0.717, 1.165) is 6.54 Å². The first kappa shape index (κ1) is 13.4. The number of nitrogens with zero attached hydrogens (tertiary/aromatic N) is 2. The summed E-state index contributed by atoms with van der Waals surface area (Å²) < 4.78 is 0. The van der Waals surface area contributed by atoms with Crippen LogP contribution >= 0.6 is 0 Å². The topological polar surface area (TPSA) is 86.9 Å². The van der Waals surface area contributed by atoms with E-state index in [1.165, 1.54) is 0 Å². The van der Waals surface area contributed by atoms with Gasteiger partial charge >= 0.3 is 5.97 Å². The van der Waals surface area contributed by atoms with E-state index in [0.29, 0.717) is 25.2 Å². The van der Waals surface area contributed by atoms with Crippen LogP contribution in [0.4, 0.5) is 5.69 Å². The molecule has 0 atom stereocenters. The molecule has 0 saturated carbocycles. The average Bonchev–Trinajstić information content (AvgIpc) is 2.33. The molecule has 1 aromatic carbocycles. The summed E-state index contributed by atoms with van der Waals surface area (Å²) in [4.78, 5) is 26.5. The third-order valence-corrected chi connectivity index (χ3v) is 3.33. The van der Waals surface area contributed by atoms with Crippen LogP contribution in [0.15, 0.2) is 18.2 Å². The lowest BCUT2D eigenvalue weighted by molar-refractivity contribution is -0.134. The Morgan fingerprint density at radius 1 is 1.42 bits per heavy atom. The number of nitrogen functional groups attached to an aromatic ring is 1. The first-order chi connectivity index (χ1) is 8.99. The predicted molar refractivity (Wildman–Crippen MR) is 70.7 cm³/mol. The first-order valence-electron chi connectivity index (χ1n) is 6.06. The molecule has 1 aromatic rings. The van der Waals surface area contributed by atoms with Crippen molar-refractivity contribution in [2.45, 2.75) is 6.54 Å². The summed E-state index contributed by atoms with van der Waals surface area (Å²) in [7, 11) is 1.77. The number of hydrogen-bond acceptors (Lipinski definition) is 4. The summed E-state index contributed by atoms with van der Waals surface area (Å²) in [6, 6.07) is 5.04. The maximum Gasteiger partial charge on any atom is 0.338 e. The molecule has 102 valence electrons. The van der Waals surface area contributed by atoms with Gasteiger partial charge in [-0.25, -0.2) is 4.79 Å². The number of benzene rings is 1. The molecule has 1 aliphatic heterocycles. The Morgan fingerprint density at radius 2 is 2.16 bits per heavy atom.